The highest BCUT2D eigenvalue weighted by Crippen LogP contribution is 2.46. The van der Waals surface area contributed by atoms with Crippen LogP contribution in [0.25, 0.3) is 0 Å². The van der Waals surface area contributed by atoms with Gasteiger partial charge in [0.15, 0.2) is 0 Å². The van der Waals surface area contributed by atoms with Crippen molar-refractivity contribution in [1.82, 2.24) is 5.32 Å². The van der Waals surface area contributed by atoms with E-state index in [-0.39, 0.29) is 17.6 Å². The molecule has 1 spiro atoms. The number of rotatable bonds is 1. The average molecular weight is 169 g/mol. The maximum Gasteiger partial charge on any atom is 0.136 e. The fourth-order valence-electron chi connectivity index (χ4n) is 2.27. The van der Waals surface area contributed by atoms with Gasteiger partial charge in [0.05, 0.1) is 12.1 Å². The highest BCUT2D eigenvalue weighted by molar-refractivity contribution is 5.58. The van der Waals surface area contributed by atoms with Crippen molar-refractivity contribution in [2.75, 3.05) is 6.54 Å². The molecular formula is C9H15NO2. The number of carbonyl (C=O) groups excluding carboxylic acids is 1. The molecule has 0 aromatic carbocycles. The van der Waals surface area contributed by atoms with E-state index in [2.05, 4.69) is 5.32 Å². The van der Waals surface area contributed by atoms with E-state index in [1.54, 1.807) is 0 Å². The van der Waals surface area contributed by atoms with E-state index in [0.29, 0.717) is 6.42 Å². The largest absolute Gasteiger partial charge is 0.392 e. The van der Waals surface area contributed by atoms with Gasteiger partial charge in [0.2, 0.25) is 0 Å². The number of aldehydes is 1. The van der Waals surface area contributed by atoms with Crippen LogP contribution in [0, 0.1) is 5.41 Å². The Morgan fingerprint density at radius 3 is 2.67 bits per heavy atom. The molecule has 1 aliphatic carbocycles. The van der Waals surface area contributed by atoms with E-state index in [4.69, 9.17) is 0 Å². The van der Waals surface area contributed by atoms with Crippen molar-refractivity contribution in [3.8, 4) is 0 Å². The van der Waals surface area contributed by atoms with E-state index in [1.165, 1.54) is 6.42 Å². The molecule has 1 saturated carbocycles. The van der Waals surface area contributed by atoms with Crippen LogP contribution in [0.1, 0.15) is 25.7 Å². The standard InChI is InChI=1S/C9H15NO2/c11-5-7-4-8(12)9(6-10-7)2-1-3-9/h5,7-8,10,12H,1-4,6H2/t7-,8+/m0/s1. The van der Waals surface area contributed by atoms with Gasteiger partial charge in [-0.15, -0.1) is 0 Å². The predicted octanol–water partition coefficient (Wildman–Crippen LogP) is 0.0784. The van der Waals surface area contributed by atoms with Crippen LogP contribution in [0.5, 0.6) is 0 Å². The number of aliphatic hydroxyl groups is 1. The Balaban J connectivity index is 1.99. The molecule has 68 valence electrons. The van der Waals surface area contributed by atoms with Gasteiger partial charge in [-0.3, -0.25) is 0 Å². The minimum absolute atomic E-state index is 0.119. The normalized spacial score (nSPS) is 39.1. The van der Waals surface area contributed by atoms with Crippen molar-refractivity contribution >= 4 is 6.29 Å². The van der Waals surface area contributed by atoms with Crippen molar-refractivity contribution in [2.45, 2.75) is 37.8 Å². The van der Waals surface area contributed by atoms with Crippen LogP contribution >= 0.6 is 0 Å². The molecule has 1 saturated heterocycles. The quantitative estimate of drug-likeness (QED) is 0.546. The third kappa shape index (κ3) is 1.08. The second-order valence-electron chi connectivity index (χ2n) is 4.09. The Bertz CT molecular complexity index is 189. The summed E-state index contributed by atoms with van der Waals surface area (Å²) < 4.78 is 0. The molecule has 2 N–H and O–H groups in total. The number of piperidine rings is 1. The van der Waals surface area contributed by atoms with E-state index in [9.17, 15) is 9.90 Å². The molecule has 2 rings (SSSR count). The van der Waals surface area contributed by atoms with Gasteiger partial charge in [0.1, 0.15) is 6.29 Å². The van der Waals surface area contributed by atoms with E-state index >= 15 is 0 Å². The van der Waals surface area contributed by atoms with Crippen LogP contribution in [0.15, 0.2) is 0 Å². The van der Waals surface area contributed by atoms with E-state index in [0.717, 1.165) is 25.7 Å². The van der Waals surface area contributed by atoms with Gasteiger partial charge in [-0.2, -0.15) is 0 Å². The summed E-state index contributed by atoms with van der Waals surface area (Å²) in [7, 11) is 0. The molecule has 3 heteroatoms. The summed E-state index contributed by atoms with van der Waals surface area (Å²) in [4.78, 5) is 10.4. The van der Waals surface area contributed by atoms with Crippen molar-refractivity contribution in [1.29, 1.82) is 0 Å². The summed E-state index contributed by atoms with van der Waals surface area (Å²) in [6, 6.07) is -0.119. The van der Waals surface area contributed by atoms with Gasteiger partial charge in [0, 0.05) is 12.0 Å². The first-order chi connectivity index (χ1) is 5.77. The SMILES string of the molecule is O=C[C@@H]1C[C@@H](O)C2(CCC2)CN1. The summed E-state index contributed by atoms with van der Waals surface area (Å²) in [6.45, 7) is 0.817. The van der Waals surface area contributed by atoms with Crippen molar-refractivity contribution in [2.24, 2.45) is 5.41 Å². The number of hydrogen-bond donors (Lipinski definition) is 2. The van der Waals surface area contributed by atoms with E-state index in [1.807, 2.05) is 0 Å². The fourth-order valence-corrected chi connectivity index (χ4v) is 2.27. The lowest BCUT2D eigenvalue weighted by molar-refractivity contribution is -0.116. The first kappa shape index (κ1) is 8.20. The third-order valence-corrected chi connectivity index (χ3v) is 3.41. The molecule has 1 aliphatic heterocycles. The summed E-state index contributed by atoms with van der Waals surface area (Å²) in [5.74, 6) is 0. The third-order valence-electron chi connectivity index (χ3n) is 3.41. The lowest BCUT2D eigenvalue weighted by Gasteiger charge is -2.49. The molecule has 12 heavy (non-hydrogen) atoms. The zero-order chi connectivity index (χ0) is 8.60. The van der Waals surface area contributed by atoms with Crippen molar-refractivity contribution in [3.05, 3.63) is 0 Å². The van der Waals surface area contributed by atoms with Crippen LogP contribution in [-0.2, 0) is 4.79 Å². The number of hydrogen-bond acceptors (Lipinski definition) is 3. The summed E-state index contributed by atoms with van der Waals surface area (Å²) in [6.07, 6.45) is 4.70. The molecule has 0 bridgehead atoms. The Kier molecular flexibility index (Phi) is 1.93. The Labute approximate surface area is 72.2 Å². The maximum absolute atomic E-state index is 10.4. The topological polar surface area (TPSA) is 49.3 Å². The summed E-state index contributed by atoms with van der Waals surface area (Å²) >= 11 is 0. The van der Waals surface area contributed by atoms with Gasteiger partial charge in [-0.05, 0) is 19.3 Å². The molecule has 0 radical (unpaired) electrons. The Morgan fingerprint density at radius 1 is 1.50 bits per heavy atom. The second kappa shape index (κ2) is 2.82. The van der Waals surface area contributed by atoms with Crippen molar-refractivity contribution in [3.63, 3.8) is 0 Å². The molecule has 2 fully saturated rings. The van der Waals surface area contributed by atoms with Gasteiger partial charge < -0.3 is 15.2 Å². The van der Waals surface area contributed by atoms with Crippen LogP contribution in [0.4, 0.5) is 0 Å². The lowest BCUT2D eigenvalue weighted by atomic mass is 9.62. The molecule has 0 aromatic heterocycles. The second-order valence-corrected chi connectivity index (χ2v) is 4.09. The van der Waals surface area contributed by atoms with Gasteiger partial charge in [-0.1, -0.05) is 6.42 Å². The molecule has 2 atom stereocenters. The lowest BCUT2D eigenvalue weighted by Crippen LogP contribution is -2.57. The van der Waals surface area contributed by atoms with Crippen molar-refractivity contribution < 1.29 is 9.90 Å². The monoisotopic (exact) mass is 169 g/mol. The van der Waals surface area contributed by atoms with Gasteiger partial charge in [-0.25, -0.2) is 0 Å². The highest BCUT2D eigenvalue weighted by Gasteiger charge is 2.46. The smallest absolute Gasteiger partial charge is 0.136 e. The minimum Gasteiger partial charge on any atom is -0.392 e. The molecule has 3 nitrogen and oxygen atoms in total. The number of aliphatic hydroxyl groups excluding tert-OH is 1. The van der Waals surface area contributed by atoms with Crippen LogP contribution in [0.3, 0.4) is 0 Å². The van der Waals surface area contributed by atoms with Crippen LogP contribution in [-0.4, -0.2) is 30.1 Å². The molecule has 2 aliphatic rings. The zero-order valence-electron chi connectivity index (χ0n) is 7.12. The van der Waals surface area contributed by atoms with Gasteiger partial charge >= 0.3 is 0 Å². The van der Waals surface area contributed by atoms with E-state index < -0.39 is 0 Å². The Morgan fingerprint density at radius 2 is 2.25 bits per heavy atom. The number of nitrogens with one attached hydrogen (secondary N) is 1. The highest BCUT2D eigenvalue weighted by atomic mass is 16.3. The summed E-state index contributed by atoms with van der Waals surface area (Å²) in [5.41, 5.74) is 0.125. The first-order valence-electron chi connectivity index (χ1n) is 4.64. The molecule has 0 amide bonds. The first-order valence-corrected chi connectivity index (χ1v) is 4.64. The molecular weight excluding hydrogens is 154 g/mol. The summed E-state index contributed by atoms with van der Waals surface area (Å²) in [5, 5.41) is 12.9. The van der Waals surface area contributed by atoms with Crippen LogP contribution < -0.4 is 5.32 Å². The molecule has 0 aromatic rings. The molecule has 0 unspecified atom stereocenters. The minimum atomic E-state index is -0.261. The number of carbonyl (C=O) groups is 1. The average Bonchev–Trinajstić information content (AvgIpc) is 2.01. The maximum atomic E-state index is 10.4. The van der Waals surface area contributed by atoms with Crippen LogP contribution in [0.2, 0.25) is 0 Å². The fraction of sp³-hybridized carbons (Fsp3) is 0.889. The Hall–Kier alpha value is -0.410. The predicted molar refractivity (Wildman–Crippen MR) is 44.8 cm³/mol. The van der Waals surface area contributed by atoms with Gasteiger partial charge in [0.25, 0.3) is 0 Å². The zero-order valence-corrected chi connectivity index (χ0v) is 7.12. The molecule has 1 heterocycles.